The van der Waals surface area contributed by atoms with E-state index in [4.69, 9.17) is 11.6 Å². The van der Waals surface area contributed by atoms with Gasteiger partial charge < -0.3 is 9.88 Å². The van der Waals surface area contributed by atoms with Gasteiger partial charge in [0.25, 0.3) is 0 Å². The lowest BCUT2D eigenvalue weighted by molar-refractivity contribution is -0.121. The number of hydrogen-bond acceptors (Lipinski definition) is 2. The molecule has 23 heavy (non-hydrogen) atoms. The van der Waals surface area contributed by atoms with Gasteiger partial charge in [-0.3, -0.25) is 4.79 Å². The second kappa shape index (κ2) is 6.99. The van der Waals surface area contributed by atoms with Crippen molar-refractivity contribution in [1.82, 2.24) is 14.9 Å². The van der Waals surface area contributed by atoms with Crippen LogP contribution in [0.4, 0.5) is 0 Å². The van der Waals surface area contributed by atoms with Crippen LogP contribution in [-0.4, -0.2) is 22.0 Å². The van der Waals surface area contributed by atoms with Gasteiger partial charge in [-0.15, -0.1) is 0 Å². The SMILES string of the molecule is O=C(Cn1cnc2ccccc21)NCC#Cc1ccccc1Cl. The van der Waals surface area contributed by atoms with Crippen molar-refractivity contribution in [2.45, 2.75) is 6.54 Å². The van der Waals surface area contributed by atoms with Gasteiger partial charge in [0.15, 0.2) is 0 Å². The Hall–Kier alpha value is -2.77. The van der Waals surface area contributed by atoms with Gasteiger partial charge in [-0.2, -0.15) is 0 Å². The third-order valence-electron chi connectivity index (χ3n) is 3.31. The second-order valence-corrected chi connectivity index (χ2v) is 5.33. The predicted molar refractivity (Wildman–Crippen MR) is 91.1 cm³/mol. The summed E-state index contributed by atoms with van der Waals surface area (Å²) in [7, 11) is 0. The number of fused-ring (bicyclic) bond motifs is 1. The standard InChI is InChI=1S/C18H14ClN3O/c19-15-8-2-1-6-14(15)7-5-11-20-18(23)12-22-13-21-16-9-3-4-10-17(16)22/h1-4,6,8-10,13H,11-12H2,(H,20,23). The molecule has 1 amide bonds. The van der Waals surface area contributed by atoms with Crippen LogP contribution in [0.5, 0.6) is 0 Å². The predicted octanol–water partition coefficient (Wildman–Crippen LogP) is 2.86. The highest BCUT2D eigenvalue weighted by atomic mass is 35.5. The summed E-state index contributed by atoms with van der Waals surface area (Å²) in [6.45, 7) is 0.491. The Labute approximate surface area is 139 Å². The lowest BCUT2D eigenvalue weighted by Crippen LogP contribution is -2.27. The summed E-state index contributed by atoms with van der Waals surface area (Å²) in [5.41, 5.74) is 2.56. The Kier molecular flexibility index (Phi) is 4.60. The molecule has 0 fully saturated rings. The highest BCUT2D eigenvalue weighted by molar-refractivity contribution is 6.31. The van der Waals surface area contributed by atoms with E-state index in [2.05, 4.69) is 22.1 Å². The number of halogens is 1. The van der Waals surface area contributed by atoms with E-state index >= 15 is 0 Å². The molecule has 1 aromatic heterocycles. The summed E-state index contributed by atoms with van der Waals surface area (Å²) in [5, 5.41) is 3.38. The van der Waals surface area contributed by atoms with Crippen molar-refractivity contribution in [2.75, 3.05) is 6.54 Å². The lowest BCUT2D eigenvalue weighted by Gasteiger charge is -2.03. The van der Waals surface area contributed by atoms with E-state index in [1.54, 1.807) is 12.4 Å². The zero-order valence-electron chi connectivity index (χ0n) is 12.3. The molecule has 0 aliphatic heterocycles. The number of amides is 1. The number of imidazole rings is 1. The fourth-order valence-electron chi connectivity index (χ4n) is 2.19. The van der Waals surface area contributed by atoms with Crippen LogP contribution in [0.15, 0.2) is 54.9 Å². The van der Waals surface area contributed by atoms with Crippen molar-refractivity contribution in [1.29, 1.82) is 0 Å². The van der Waals surface area contributed by atoms with Gasteiger partial charge in [0.05, 0.1) is 28.9 Å². The van der Waals surface area contributed by atoms with Gasteiger partial charge in [-0.25, -0.2) is 4.98 Å². The van der Waals surface area contributed by atoms with Crippen molar-refractivity contribution in [2.24, 2.45) is 0 Å². The zero-order chi connectivity index (χ0) is 16.1. The molecule has 0 bridgehead atoms. The number of nitrogens with zero attached hydrogens (tertiary/aromatic N) is 2. The van der Waals surface area contributed by atoms with E-state index in [1.807, 2.05) is 47.0 Å². The number of carbonyl (C=O) groups is 1. The minimum Gasteiger partial charge on any atom is -0.344 e. The number of benzene rings is 2. The van der Waals surface area contributed by atoms with Crippen LogP contribution < -0.4 is 5.32 Å². The first-order valence-electron chi connectivity index (χ1n) is 7.14. The maximum absolute atomic E-state index is 12.0. The van der Waals surface area contributed by atoms with Crippen LogP contribution in [0.2, 0.25) is 5.02 Å². The largest absolute Gasteiger partial charge is 0.344 e. The van der Waals surface area contributed by atoms with Gasteiger partial charge in [0, 0.05) is 5.56 Å². The molecule has 3 aromatic rings. The molecule has 0 saturated heterocycles. The Bertz CT molecular complexity index is 905. The van der Waals surface area contributed by atoms with Crippen LogP contribution in [-0.2, 0) is 11.3 Å². The lowest BCUT2D eigenvalue weighted by atomic mass is 10.2. The van der Waals surface area contributed by atoms with Crippen LogP contribution in [0.25, 0.3) is 11.0 Å². The molecular formula is C18H14ClN3O. The summed E-state index contributed by atoms with van der Waals surface area (Å²) in [6, 6.07) is 15.1. The van der Waals surface area contributed by atoms with Crippen molar-refractivity contribution in [3.63, 3.8) is 0 Å². The van der Waals surface area contributed by atoms with E-state index in [9.17, 15) is 4.79 Å². The molecular weight excluding hydrogens is 310 g/mol. The average molecular weight is 324 g/mol. The van der Waals surface area contributed by atoms with E-state index in [0.29, 0.717) is 5.02 Å². The molecule has 3 rings (SSSR count). The third kappa shape index (κ3) is 3.71. The van der Waals surface area contributed by atoms with Gasteiger partial charge in [-0.05, 0) is 24.3 Å². The molecule has 5 heteroatoms. The molecule has 0 aliphatic carbocycles. The van der Waals surface area contributed by atoms with E-state index in [1.165, 1.54) is 0 Å². The topological polar surface area (TPSA) is 46.9 Å². The highest BCUT2D eigenvalue weighted by Gasteiger charge is 2.05. The van der Waals surface area contributed by atoms with Crippen molar-refractivity contribution in [3.8, 4) is 11.8 Å². The number of para-hydroxylation sites is 2. The Morgan fingerprint density at radius 3 is 2.83 bits per heavy atom. The summed E-state index contributed by atoms with van der Waals surface area (Å²) < 4.78 is 1.81. The van der Waals surface area contributed by atoms with Crippen LogP contribution in [0.3, 0.4) is 0 Å². The highest BCUT2D eigenvalue weighted by Crippen LogP contribution is 2.13. The molecule has 0 aliphatic rings. The van der Waals surface area contributed by atoms with E-state index in [-0.39, 0.29) is 19.0 Å². The van der Waals surface area contributed by atoms with Gasteiger partial charge in [0.2, 0.25) is 5.91 Å². The third-order valence-corrected chi connectivity index (χ3v) is 3.64. The molecule has 1 N–H and O–H groups in total. The van der Waals surface area contributed by atoms with Crippen LogP contribution in [0.1, 0.15) is 5.56 Å². The van der Waals surface area contributed by atoms with Crippen molar-refractivity contribution >= 4 is 28.5 Å². The maximum Gasteiger partial charge on any atom is 0.240 e. The van der Waals surface area contributed by atoms with Crippen molar-refractivity contribution in [3.05, 3.63) is 65.4 Å². The van der Waals surface area contributed by atoms with Crippen LogP contribution in [0, 0.1) is 11.8 Å². The first-order chi connectivity index (χ1) is 11.2. The van der Waals surface area contributed by atoms with Gasteiger partial charge in [-0.1, -0.05) is 47.7 Å². The first kappa shape index (κ1) is 15.1. The van der Waals surface area contributed by atoms with E-state index < -0.39 is 0 Å². The quantitative estimate of drug-likeness (QED) is 0.753. The molecule has 114 valence electrons. The smallest absolute Gasteiger partial charge is 0.240 e. The Balaban J connectivity index is 1.58. The Morgan fingerprint density at radius 2 is 1.96 bits per heavy atom. The summed E-state index contributed by atoms with van der Waals surface area (Å²) >= 11 is 6.02. The fraction of sp³-hybridized carbons (Fsp3) is 0.111. The monoisotopic (exact) mass is 323 g/mol. The second-order valence-electron chi connectivity index (χ2n) is 4.92. The van der Waals surface area contributed by atoms with Gasteiger partial charge >= 0.3 is 0 Å². The first-order valence-corrected chi connectivity index (χ1v) is 7.52. The molecule has 2 aromatic carbocycles. The molecule has 4 nitrogen and oxygen atoms in total. The van der Waals surface area contributed by atoms with Crippen LogP contribution >= 0.6 is 11.6 Å². The number of hydrogen-bond donors (Lipinski definition) is 1. The summed E-state index contributed by atoms with van der Waals surface area (Å²) in [6.07, 6.45) is 1.67. The molecule has 0 spiro atoms. The normalized spacial score (nSPS) is 10.1. The molecule has 0 unspecified atom stereocenters. The summed E-state index contributed by atoms with van der Waals surface area (Å²) in [5.74, 6) is 5.73. The minimum absolute atomic E-state index is 0.110. The molecule has 0 atom stereocenters. The molecule has 0 saturated carbocycles. The van der Waals surface area contributed by atoms with E-state index in [0.717, 1.165) is 16.6 Å². The fourth-order valence-corrected chi connectivity index (χ4v) is 2.37. The number of carbonyl (C=O) groups excluding carboxylic acids is 1. The summed E-state index contributed by atoms with van der Waals surface area (Å²) in [4.78, 5) is 16.2. The number of rotatable bonds is 3. The van der Waals surface area contributed by atoms with Gasteiger partial charge in [0.1, 0.15) is 6.54 Å². The average Bonchev–Trinajstić information content (AvgIpc) is 2.96. The maximum atomic E-state index is 12.0. The van der Waals surface area contributed by atoms with Crippen molar-refractivity contribution < 1.29 is 4.79 Å². The zero-order valence-corrected chi connectivity index (χ0v) is 13.0. The number of aromatic nitrogens is 2. The number of nitrogens with one attached hydrogen (secondary N) is 1. The molecule has 1 heterocycles. The minimum atomic E-state index is -0.110. The Morgan fingerprint density at radius 1 is 1.17 bits per heavy atom. The molecule has 0 radical (unpaired) electrons.